The summed E-state index contributed by atoms with van der Waals surface area (Å²) in [6, 6.07) is 49.8. The lowest BCUT2D eigenvalue weighted by Crippen LogP contribution is -2.39. The molecule has 0 N–H and O–H groups in total. The van der Waals surface area contributed by atoms with Gasteiger partial charge in [0.25, 0.3) is 0 Å². The van der Waals surface area contributed by atoms with Crippen LogP contribution in [0.15, 0.2) is 146 Å². The number of hydrogen-bond donors (Lipinski definition) is 0. The quantitative estimate of drug-likeness (QED) is 0.253. The predicted octanol–water partition coefficient (Wildman–Crippen LogP) is 6.85. The number of hydrogen-bond acceptors (Lipinski definition) is 3. The van der Waals surface area contributed by atoms with Crippen LogP contribution in [0.3, 0.4) is 0 Å². The van der Waals surface area contributed by atoms with Gasteiger partial charge in [-0.15, -0.1) is 15.0 Å². The van der Waals surface area contributed by atoms with Gasteiger partial charge in [-0.05, 0) is 33.0 Å². The summed E-state index contributed by atoms with van der Waals surface area (Å²) in [6.45, 7) is 0. The maximum atomic E-state index is 4.98. The lowest BCUT2D eigenvalue weighted by atomic mass is 9.77. The summed E-state index contributed by atoms with van der Waals surface area (Å²) in [7, 11) is 0. The van der Waals surface area contributed by atoms with Crippen molar-refractivity contribution in [3.63, 3.8) is 0 Å². The van der Waals surface area contributed by atoms with Crippen LogP contribution in [0.25, 0.3) is 22.5 Å². The maximum absolute atomic E-state index is 4.98. The Morgan fingerprint density at radius 3 is 1.28 bits per heavy atom. The van der Waals surface area contributed by atoms with Gasteiger partial charge in [0, 0.05) is 5.56 Å². The smallest absolute Gasteiger partial charge is 0.144 e. The highest BCUT2D eigenvalue weighted by Crippen LogP contribution is 2.39. The van der Waals surface area contributed by atoms with Crippen LogP contribution in [0.4, 0.5) is 0 Å². The molecule has 0 bridgehead atoms. The molecule has 4 nitrogen and oxygen atoms in total. The normalized spacial score (nSPS) is 11.3. The van der Waals surface area contributed by atoms with E-state index >= 15 is 0 Å². The molecule has 0 aliphatic rings. The van der Waals surface area contributed by atoms with Crippen molar-refractivity contribution >= 4 is 0 Å². The average Bonchev–Trinajstić information content (AvgIpc) is 3.46. The molecule has 5 aromatic carbocycles. The highest BCUT2D eigenvalue weighted by Gasteiger charge is 2.41. The van der Waals surface area contributed by atoms with Crippen molar-refractivity contribution in [3.8, 4) is 22.5 Å². The van der Waals surface area contributed by atoms with E-state index in [9.17, 15) is 0 Å². The van der Waals surface area contributed by atoms with Crippen molar-refractivity contribution in [2.75, 3.05) is 0 Å². The fraction of sp³-hybridized carbons (Fsp3) is 0.0312. The summed E-state index contributed by atoms with van der Waals surface area (Å²) in [5.74, 6) is 0.585. The van der Waals surface area contributed by atoms with E-state index in [1.165, 1.54) is 5.56 Å². The van der Waals surface area contributed by atoms with Crippen LogP contribution in [0.2, 0.25) is 0 Å². The van der Waals surface area contributed by atoms with Crippen LogP contribution in [-0.2, 0) is 5.54 Å². The molecular formula is C32H24N4. The van der Waals surface area contributed by atoms with E-state index in [1.54, 1.807) is 4.80 Å². The van der Waals surface area contributed by atoms with Crippen molar-refractivity contribution in [2.24, 2.45) is 0 Å². The Labute approximate surface area is 210 Å². The Hall–Kier alpha value is -4.83. The lowest BCUT2D eigenvalue weighted by molar-refractivity contribution is 0.396. The second kappa shape index (κ2) is 9.43. The zero-order chi connectivity index (χ0) is 24.2. The van der Waals surface area contributed by atoms with Gasteiger partial charge in [0.05, 0.1) is 0 Å². The molecule has 0 saturated carbocycles. The molecule has 0 radical (unpaired) electrons. The predicted molar refractivity (Wildman–Crippen MR) is 143 cm³/mol. The van der Waals surface area contributed by atoms with E-state index in [-0.39, 0.29) is 0 Å². The maximum Gasteiger partial charge on any atom is 0.204 e. The monoisotopic (exact) mass is 464 g/mol. The first-order chi connectivity index (χ1) is 17.9. The molecule has 0 aliphatic heterocycles. The van der Waals surface area contributed by atoms with Crippen molar-refractivity contribution in [1.82, 2.24) is 20.2 Å². The Morgan fingerprint density at radius 1 is 0.417 bits per heavy atom. The third kappa shape index (κ3) is 3.79. The van der Waals surface area contributed by atoms with Crippen LogP contribution in [-0.4, -0.2) is 20.2 Å². The van der Waals surface area contributed by atoms with Gasteiger partial charge in [0.2, 0.25) is 5.82 Å². The number of rotatable bonds is 6. The largest absolute Gasteiger partial charge is 0.204 e. The SMILES string of the molecule is c1ccc(-c2ccc(-c3nnn(C(c4ccccc4)(c4ccccc4)c4ccccc4)n3)cc2)cc1. The molecular weight excluding hydrogens is 440 g/mol. The van der Waals surface area contributed by atoms with Crippen molar-refractivity contribution in [3.05, 3.63) is 162 Å². The molecule has 0 saturated heterocycles. The van der Waals surface area contributed by atoms with Gasteiger partial charge >= 0.3 is 0 Å². The second-order valence-corrected chi connectivity index (χ2v) is 8.65. The molecule has 6 rings (SSSR count). The third-order valence-corrected chi connectivity index (χ3v) is 6.54. The first kappa shape index (κ1) is 21.7. The minimum atomic E-state index is -0.779. The van der Waals surface area contributed by atoms with E-state index in [2.05, 4.69) is 120 Å². The van der Waals surface area contributed by atoms with Crippen LogP contribution in [0.1, 0.15) is 16.7 Å². The van der Waals surface area contributed by atoms with Crippen LogP contribution >= 0.6 is 0 Å². The minimum absolute atomic E-state index is 0.585. The van der Waals surface area contributed by atoms with E-state index in [4.69, 9.17) is 5.10 Å². The number of benzene rings is 5. The van der Waals surface area contributed by atoms with Crippen LogP contribution < -0.4 is 0 Å². The number of tetrazole rings is 1. The number of nitrogens with zero attached hydrogens (tertiary/aromatic N) is 4. The molecule has 0 atom stereocenters. The third-order valence-electron chi connectivity index (χ3n) is 6.54. The van der Waals surface area contributed by atoms with E-state index in [1.807, 2.05) is 36.4 Å². The lowest BCUT2D eigenvalue weighted by Gasteiger charge is -2.34. The van der Waals surface area contributed by atoms with Gasteiger partial charge in [-0.25, -0.2) is 0 Å². The molecule has 0 unspecified atom stereocenters. The molecule has 0 fully saturated rings. The molecule has 0 amide bonds. The summed E-state index contributed by atoms with van der Waals surface area (Å²) in [6.07, 6.45) is 0. The van der Waals surface area contributed by atoms with E-state index in [0.29, 0.717) is 5.82 Å². The van der Waals surface area contributed by atoms with E-state index < -0.39 is 5.54 Å². The molecule has 0 spiro atoms. The second-order valence-electron chi connectivity index (χ2n) is 8.65. The molecule has 172 valence electrons. The van der Waals surface area contributed by atoms with E-state index in [0.717, 1.165) is 27.8 Å². The van der Waals surface area contributed by atoms with Crippen molar-refractivity contribution < 1.29 is 0 Å². The summed E-state index contributed by atoms with van der Waals surface area (Å²) < 4.78 is 0. The molecule has 0 aliphatic carbocycles. The molecule has 4 heteroatoms. The van der Waals surface area contributed by atoms with Crippen LogP contribution in [0, 0.1) is 0 Å². The topological polar surface area (TPSA) is 43.6 Å². The van der Waals surface area contributed by atoms with Gasteiger partial charge in [-0.1, -0.05) is 146 Å². The van der Waals surface area contributed by atoms with Crippen molar-refractivity contribution in [2.45, 2.75) is 5.54 Å². The molecule has 6 aromatic rings. The summed E-state index contributed by atoms with van der Waals surface area (Å²) >= 11 is 0. The highest BCUT2D eigenvalue weighted by molar-refractivity contribution is 5.67. The first-order valence-corrected chi connectivity index (χ1v) is 12.0. The molecule has 36 heavy (non-hydrogen) atoms. The molecule has 1 aromatic heterocycles. The fourth-order valence-electron chi connectivity index (χ4n) is 4.80. The van der Waals surface area contributed by atoms with Crippen LogP contribution in [0.5, 0.6) is 0 Å². The zero-order valence-corrected chi connectivity index (χ0v) is 19.6. The van der Waals surface area contributed by atoms with Gasteiger partial charge in [-0.3, -0.25) is 0 Å². The van der Waals surface area contributed by atoms with Gasteiger partial charge < -0.3 is 0 Å². The van der Waals surface area contributed by atoms with Gasteiger partial charge in [0.1, 0.15) is 0 Å². The standard InChI is InChI=1S/C32H24N4/c1-5-13-25(14-6-1)26-21-23-27(24-22-26)31-33-35-36(34-31)32(28-15-7-2-8-16-28,29-17-9-3-10-18-29)30-19-11-4-12-20-30/h1-24H. The number of aromatic nitrogens is 4. The van der Waals surface area contributed by atoms with Gasteiger partial charge in [0.15, 0.2) is 5.54 Å². The Balaban J connectivity index is 1.51. The highest BCUT2D eigenvalue weighted by atomic mass is 15.6. The molecule has 1 heterocycles. The first-order valence-electron chi connectivity index (χ1n) is 12.0. The average molecular weight is 465 g/mol. The Bertz CT molecular complexity index is 1450. The van der Waals surface area contributed by atoms with Gasteiger partial charge in [-0.2, -0.15) is 0 Å². The summed E-state index contributed by atoms with van der Waals surface area (Å²) in [4.78, 5) is 1.76. The minimum Gasteiger partial charge on any atom is -0.144 e. The fourth-order valence-corrected chi connectivity index (χ4v) is 4.80. The zero-order valence-electron chi connectivity index (χ0n) is 19.6. The Kier molecular flexibility index (Phi) is 5.68. The summed E-state index contributed by atoms with van der Waals surface area (Å²) in [5.41, 5.74) is 5.65. The summed E-state index contributed by atoms with van der Waals surface area (Å²) in [5, 5.41) is 14.1. The van der Waals surface area contributed by atoms with Crippen molar-refractivity contribution in [1.29, 1.82) is 0 Å². The Morgan fingerprint density at radius 2 is 0.806 bits per heavy atom.